The molecule has 8 aromatic carbocycles. The molecule has 13 rings (SSSR count). The van der Waals surface area contributed by atoms with Gasteiger partial charge in [-0.2, -0.15) is 0 Å². The maximum absolute atomic E-state index is 6.58. The summed E-state index contributed by atoms with van der Waals surface area (Å²) in [4.78, 5) is 12.0. The first-order valence-corrected chi connectivity index (χ1v) is 20.3. The van der Waals surface area contributed by atoms with E-state index in [-0.39, 0.29) is 0 Å². The molecular formula is C52H30N4OS. The molecule has 5 heterocycles. The number of hydrogen-bond acceptors (Lipinski definition) is 4. The quantitative estimate of drug-likeness (QED) is 0.180. The number of aromatic nitrogens is 4. The fourth-order valence-corrected chi connectivity index (χ4v) is 10.4. The molecule has 0 amide bonds. The summed E-state index contributed by atoms with van der Waals surface area (Å²) in [5, 5.41) is 8.13. The number of fused-ring (bicyclic) bond motifs is 11. The zero-order chi connectivity index (χ0) is 37.9. The highest BCUT2D eigenvalue weighted by atomic mass is 32.1. The van der Waals surface area contributed by atoms with E-state index in [1.54, 1.807) is 11.3 Å². The average Bonchev–Trinajstić information content (AvgIpc) is 3.95. The number of ether oxygens (including phenoxy) is 1. The first-order valence-electron chi connectivity index (χ1n) is 19.5. The van der Waals surface area contributed by atoms with Crippen LogP contribution < -0.4 is 4.74 Å². The van der Waals surface area contributed by atoms with Gasteiger partial charge in [0.2, 0.25) is 0 Å². The van der Waals surface area contributed by atoms with Crippen molar-refractivity contribution in [2.24, 2.45) is 0 Å². The number of rotatable bonds is 4. The van der Waals surface area contributed by atoms with Crippen LogP contribution in [-0.4, -0.2) is 19.1 Å². The molecule has 1 aliphatic rings. The molecule has 0 radical (unpaired) electrons. The van der Waals surface area contributed by atoms with Gasteiger partial charge in [-0.3, -0.25) is 9.13 Å². The Labute approximate surface area is 336 Å². The van der Waals surface area contributed by atoms with Crippen molar-refractivity contribution >= 4 is 75.3 Å². The van der Waals surface area contributed by atoms with E-state index in [9.17, 15) is 0 Å². The molecular weight excluding hydrogens is 729 g/mol. The summed E-state index contributed by atoms with van der Waals surface area (Å²) in [7, 11) is 0. The van der Waals surface area contributed by atoms with Gasteiger partial charge in [-0.1, -0.05) is 140 Å². The lowest BCUT2D eigenvalue weighted by atomic mass is 9.94. The van der Waals surface area contributed by atoms with Crippen LogP contribution in [0.25, 0.3) is 109 Å². The van der Waals surface area contributed by atoms with Crippen molar-refractivity contribution in [2.45, 2.75) is 0 Å². The first kappa shape index (κ1) is 31.6. The summed E-state index contributed by atoms with van der Waals surface area (Å²) < 4.78 is 12.6. The summed E-state index contributed by atoms with van der Waals surface area (Å²) in [6.07, 6.45) is 0. The van der Waals surface area contributed by atoms with Crippen LogP contribution in [0.5, 0.6) is 11.5 Å². The van der Waals surface area contributed by atoms with Gasteiger partial charge in [-0.15, -0.1) is 11.3 Å². The van der Waals surface area contributed by atoms with Crippen molar-refractivity contribution in [3.63, 3.8) is 0 Å². The van der Waals surface area contributed by atoms with Crippen LogP contribution in [0.3, 0.4) is 0 Å². The molecule has 0 N–H and O–H groups in total. The Bertz CT molecular complexity index is 3660. The molecule has 12 aromatic rings. The fraction of sp³-hybridized carbons (Fsp3) is 0. The molecule has 5 nitrogen and oxygen atoms in total. The Kier molecular flexibility index (Phi) is 6.54. The van der Waals surface area contributed by atoms with Crippen molar-refractivity contribution in [1.82, 2.24) is 19.1 Å². The predicted octanol–water partition coefficient (Wildman–Crippen LogP) is 14.1. The maximum Gasteiger partial charge on any atom is 0.162 e. The van der Waals surface area contributed by atoms with Crippen molar-refractivity contribution < 1.29 is 4.74 Å². The Morgan fingerprint density at radius 3 is 2.05 bits per heavy atom. The van der Waals surface area contributed by atoms with Crippen molar-refractivity contribution in [1.29, 1.82) is 0 Å². The second-order valence-corrected chi connectivity index (χ2v) is 15.9. The van der Waals surface area contributed by atoms with E-state index >= 15 is 0 Å². The highest BCUT2D eigenvalue weighted by Gasteiger charge is 2.30. The van der Waals surface area contributed by atoms with Crippen molar-refractivity contribution in [3.8, 4) is 56.6 Å². The van der Waals surface area contributed by atoms with Crippen LogP contribution in [-0.2, 0) is 0 Å². The summed E-state index contributed by atoms with van der Waals surface area (Å²) in [5.74, 6) is 2.40. The average molecular weight is 759 g/mol. The molecule has 1 aliphatic heterocycles. The van der Waals surface area contributed by atoms with Gasteiger partial charge in [0.15, 0.2) is 17.3 Å². The molecule has 6 heteroatoms. The van der Waals surface area contributed by atoms with Gasteiger partial charge in [-0.05, 0) is 64.4 Å². The van der Waals surface area contributed by atoms with E-state index in [4.69, 9.17) is 14.7 Å². The van der Waals surface area contributed by atoms with E-state index in [2.05, 4.69) is 185 Å². The van der Waals surface area contributed by atoms with Crippen LogP contribution in [0.4, 0.5) is 0 Å². The van der Waals surface area contributed by atoms with Gasteiger partial charge in [-0.25, -0.2) is 9.97 Å². The van der Waals surface area contributed by atoms with Crippen LogP contribution in [0, 0.1) is 0 Å². The van der Waals surface area contributed by atoms with Gasteiger partial charge < -0.3 is 4.74 Å². The Morgan fingerprint density at radius 2 is 1.12 bits per heavy atom. The van der Waals surface area contributed by atoms with Gasteiger partial charge in [0.25, 0.3) is 0 Å². The number of thiophene rings is 1. The molecule has 0 bridgehead atoms. The Balaban J connectivity index is 1.15. The molecule has 0 spiro atoms. The minimum absolute atomic E-state index is 0.707. The fourth-order valence-electron chi connectivity index (χ4n) is 9.36. The zero-order valence-electron chi connectivity index (χ0n) is 30.9. The third kappa shape index (κ3) is 4.35. The van der Waals surface area contributed by atoms with E-state index in [0.29, 0.717) is 5.82 Å². The van der Waals surface area contributed by atoms with Crippen LogP contribution >= 0.6 is 11.3 Å². The molecule has 0 saturated heterocycles. The van der Waals surface area contributed by atoms with Gasteiger partial charge in [0.05, 0.1) is 22.4 Å². The van der Waals surface area contributed by atoms with Crippen LogP contribution in [0.1, 0.15) is 0 Å². The van der Waals surface area contributed by atoms with Crippen LogP contribution in [0.15, 0.2) is 182 Å². The lowest BCUT2D eigenvalue weighted by Crippen LogP contribution is -2.06. The molecule has 0 atom stereocenters. The van der Waals surface area contributed by atoms with E-state index in [1.165, 1.54) is 31.6 Å². The molecule has 4 aromatic heterocycles. The summed E-state index contributed by atoms with van der Waals surface area (Å²) in [6.45, 7) is 0. The second kappa shape index (κ2) is 12.0. The van der Waals surface area contributed by atoms with Crippen molar-refractivity contribution in [2.75, 3.05) is 0 Å². The standard InChI is InChI=1S/C52H30N4OS/c1-2-17-32(18-3-1)55-41-27-13-23-35(45(41)46-39-25-14-29-43-49(39)56(52(46)55)40-26-9-10-28-42(40)57-43)34-20-6-7-21-37(34)50-53-48(36-24-12-16-31-15-4-5-19-33(31)36)47-38-22-8-11-30-44(38)58-51(47)54-50/h1-30H. The highest BCUT2D eigenvalue weighted by Crippen LogP contribution is 2.51. The largest absolute Gasteiger partial charge is 0.453 e. The summed E-state index contributed by atoms with van der Waals surface area (Å²) in [5.41, 5.74) is 10.7. The number of nitrogens with zero attached hydrogens (tertiary/aromatic N) is 4. The Morgan fingerprint density at radius 1 is 0.448 bits per heavy atom. The van der Waals surface area contributed by atoms with Gasteiger partial charge >= 0.3 is 0 Å². The smallest absolute Gasteiger partial charge is 0.162 e. The maximum atomic E-state index is 6.58. The lowest BCUT2D eigenvalue weighted by molar-refractivity contribution is 0.476. The van der Waals surface area contributed by atoms with E-state index in [1.807, 2.05) is 6.07 Å². The summed E-state index contributed by atoms with van der Waals surface area (Å²) in [6, 6.07) is 64.5. The van der Waals surface area contributed by atoms with Gasteiger partial charge in [0, 0.05) is 48.4 Å². The molecule has 58 heavy (non-hydrogen) atoms. The SMILES string of the molecule is c1ccc(-n2c3cccc(-c4ccccc4-c4nc(-c5cccc6ccccc56)c5c(n4)sc4ccccc45)c3c3c4cccc5c4n(c32)-c2ccccc2O5)cc1. The number of benzene rings is 8. The Hall–Kier alpha value is -7.54. The van der Waals surface area contributed by atoms with Crippen LogP contribution in [0.2, 0.25) is 0 Å². The zero-order valence-corrected chi connectivity index (χ0v) is 31.7. The minimum atomic E-state index is 0.707. The minimum Gasteiger partial charge on any atom is -0.453 e. The topological polar surface area (TPSA) is 44.9 Å². The molecule has 0 aliphatic carbocycles. The molecule has 0 unspecified atom stereocenters. The third-order valence-electron chi connectivity index (χ3n) is 11.8. The highest BCUT2D eigenvalue weighted by molar-refractivity contribution is 7.25. The van der Waals surface area contributed by atoms with Crippen molar-refractivity contribution in [3.05, 3.63) is 182 Å². The second-order valence-electron chi connectivity index (χ2n) is 14.9. The molecule has 0 fully saturated rings. The number of hydrogen-bond donors (Lipinski definition) is 0. The predicted molar refractivity (Wildman–Crippen MR) is 240 cm³/mol. The normalized spacial score (nSPS) is 12.3. The van der Waals surface area contributed by atoms with E-state index in [0.717, 1.165) is 83.1 Å². The van der Waals surface area contributed by atoms with Gasteiger partial charge in [0.1, 0.15) is 10.5 Å². The van der Waals surface area contributed by atoms with E-state index < -0.39 is 0 Å². The monoisotopic (exact) mass is 758 g/mol. The number of para-hydroxylation sites is 4. The lowest BCUT2D eigenvalue weighted by Gasteiger charge is -2.21. The first-order chi connectivity index (χ1) is 28.8. The third-order valence-corrected chi connectivity index (χ3v) is 12.8. The summed E-state index contributed by atoms with van der Waals surface area (Å²) >= 11 is 1.73. The molecule has 270 valence electrons. The molecule has 0 saturated carbocycles.